The zero-order valence-corrected chi connectivity index (χ0v) is 34.5. The van der Waals surface area contributed by atoms with E-state index in [1.165, 1.54) is 62.5 Å². The van der Waals surface area contributed by atoms with Gasteiger partial charge in [0.2, 0.25) is 0 Å². The molecule has 4 unspecified atom stereocenters. The van der Waals surface area contributed by atoms with Gasteiger partial charge in [-0.05, 0) is 90.9 Å². The Morgan fingerprint density at radius 2 is 1.11 bits per heavy atom. The number of aliphatic imine (C=N–C) groups is 2. The average Bonchev–Trinajstić information content (AvgIpc) is 2.94. The average molecular weight is 723 g/mol. The fourth-order valence-electron chi connectivity index (χ4n) is 6.84. The standard InChI is InChI=1S/C22H35NO.C19H29NO.CH3.Zr/c1-15(2)11-17-12-18(21(24)19(13-17)22(4,5)6)14-23-20-10-8-7-9-16(20)3;1-13-10-15(18(21)16(11-13)19(3,4)5)12-20-17-9-7-6-8-14(17)2;;/h12-16,20,24H,7-11H2,1-6H3;10-12,14,17,21H,6-9H2,1-5H3;1H3;/q;;-1;. The van der Waals surface area contributed by atoms with Gasteiger partial charge in [-0.1, -0.05) is 107 Å². The van der Waals surface area contributed by atoms with Gasteiger partial charge in [0, 0.05) is 60.9 Å². The third-order valence-corrected chi connectivity index (χ3v) is 9.69. The van der Waals surface area contributed by atoms with E-state index >= 15 is 0 Å². The third-order valence-electron chi connectivity index (χ3n) is 9.69. The molecule has 2 fully saturated rings. The van der Waals surface area contributed by atoms with Crippen LogP contribution in [0.4, 0.5) is 0 Å². The molecule has 0 bridgehead atoms. The molecule has 0 aliphatic heterocycles. The predicted octanol–water partition coefficient (Wildman–Crippen LogP) is 11.3. The molecular formula is C42H67N2O2Zr-. The summed E-state index contributed by atoms with van der Waals surface area (Å²) in [6.07, 6.45) is 15.0. The first-order valence-electron chi connectivity index (χ1n) is 17.7. The maximum Gasteiger partial charge on any atom is 0.128 e. The Hall–Kier alpha value is -1.74. The zero-order valence-electron chi connectivity index (χ0n) is 32.0. The molecule has 4 nitrogen and oxygen atoms in total. The molecule has 47 heavy (non-hydrogen) atoms. The van der Waals surface area contributed by atoms with Crippen LogP contribution in [0.3, 0.4) is 0 Å². The largest absolute Gasteiger partial charge is 0.507 e. The molecule has 0 saturated heterocycles. The van der Waals surface area contributed by atoms with Crippen molar-refractivity contribution in [1.29, 1.82) is 0 Å². The summed E-state index contributed by atoms with van der Waals surface area (Å²) in [6, 6.07) is 9.23. The molecule has 5 heteroatoms. The molecule has 262 valence electrons. The minimum absolute atomic E-state index is 0. The Bertz CT molecular complexity index is 1320. The normalized spacial score (nSPS) is 22.0. The quantitative estimate of drug-likeness (QED) is 0.230. The summed E-state index contributed by atoms with van der Waals surface area (Å²) in [5.41, 5.74) is 6.11. The Labute approximate surface area is 308 Å². The molecule has 2 saturated carbocycles. The first-order chi connectivity index (χ1) is 21.0. The fourth-order valence-corrected chi connectivity index (χ4v) is 6.84. The van der Waals surface area contributed by atoms with E-state index in [1.807, 2.05) is 18.5 Å². The van der Waals surface area contributed by atoms with Gasteiger partial charge in [-0.3, -0.25) is 9.98 Å². The first kappa shape index (κ1) is 43.3. The Morgan fingerprint density at radius 3 is 1.51 bits per heavy atom. The van der Waals surface area contributed by atoms with E-state index in [0.717, 1.165) is 28.7 Å². The number of aryl methyl sites for hydroxylation is 1. The topological polar surface area (TPSA) is 65.2 Å². The molecule has 4 rings (SSSR count). The summed E-state index contributed by atoms with van der Waals surface area (Å²) in [7, 11) is 0. The SMILES string of the molecule is CC(C)Cc1cc(C=NC2CCCCC2C)c(O)c(C(C)(C)C)c1.Cc1cc(C=NC2CCCCC2C)c(O)c(C(C)(C)C)c1.[CH3-].[Zr]. The number of hydrogen-bond acceptors (Lipinski definition) is 4. The molecule has 0 heterocycles. The number of phenols is 2. The molecule has 0 spiro atoms. The molecule has 2 aromatic carbocycles. The van der Waals surface area contributed by atoms with Crippen molar-refractivity contribution in [3.8, 4) is 11.5 Å². The number of benzene rings is 2. The van der Waals surface area contributed by atoms with Gasteiger partial charge >= 0.3 is 0 Å². The molecule has 0 amide bonds. The zero-order chi connectivity index (χ0) is 33.5. The second kappa shape index (κ2) is 18.9. The smallest absolute Gasteiger partial charge is 0.128 e. The summed E-state index contributed by atoms with van der Waals surface area (Å²) in [6.45, 7) is 24.0. The van der Waals surface area contributed by atoms with Gasteiger partial charge in [0.25, 0.3) is 0 Å². The van der Waals surface area contributed by atoms with E-state index in [-0.39, 0.29) is 44.5 Å². The predicted molar refractivity (Wildman–Crippen MR) is 201 cm³/mol. The van der Waals surface area contributed by atoms with Gasteiger partial charge in [-0.25, -0.2) is 0 Å². The molecule has 4 atom stereocenters. The van der Waals surface area contributed by atoms with Crippen molar-refractivity contribution in [1.82, 2.24) is 0 Å². The van der Waals surface area contributed by atoms with Crippen LogP contribution in [-0.2, 0) is 43.5 Å². The number of rotatable bonds is 6. The van der Waals surface area contributed by atoms with E-state index in [9.17, 15) is 10.2 Å². The Kier molecular flexibility index (Phi) is 17.4. The molecule has 2 aliphatic rings. The van der Waals surface area contributed by atoms with Crippen molar-refractivity contribution in [2.75, 3.05) is 0 Å². The second-order valence-electron chi connectivity index (χ2n) is 16.6. The van der Waals surface area contributed by atoms with Crippen molar-refractivity contribution in [3.05, 3.63) is 65.1 Å². The number of phenolic OH excluding ortho intramolecular Hbond substituents is 2. The first-order valence-corrected chi connectivity index (χ1v) is 17.7. The van der Waals surface area contributed by atoms with Crippen LogP contribution in [0.5, 0.6) is 11.5 Å². The van der Waals surface area contributed by atoms with Crippen LogP contribution in [0.2, 0.25) is 0 Å². The van der Waals surface area contributed by atoms with Crippen molar-refractivity contribution in [3.63, 3.8) is 0 Å². The minimum atomic E-state index is -0.0716. The second-order valence-corrected chi connectivity index (χ2v) is 16.6. The van der Waals surface area contributed by atoms with Crippen molar-refractivity contribution >= 4 is 12.4 Å². The fraction of sp³-hybridized carbons (Fsp3) is 0.643. The van der Waals surface area contributed by atoms with Gasteiger partial charge in [-0.2, -0.15) is 0 Å². The Morgan fingerprint density at radius 1 is 0.702 bits per heavy atom. The van der Waals surface area contributed by atoms with Crippen molar-refractivity contribution < 1.29 is 36.4 Å². The van der Waals surface area contributed by atoms with E-state index in [1.54, 1.807) is 0 Å². The van der Waals surface area contributed by atoms with Gasteiger partial charge in [-0.15, -0.1) is 0 Å². The minimum Gasteiger partial charge on any atom is -0.507 e. The molecular weight excluding hydrogens is 656 g/mol. The van der Waals surface area contributed by atoms with Crippen molar-refractivity contribution in [2.24, 2.45) is 27.7 Å². The van der Waals surface area contributed by atoms with Crippen LogP contribution in [0.15, 0.2) is 34.3 Å². The number of hydrogen-bond donors (Lipinski definition) is 2. The van der Waals surface area contributed by atoms with Gasteiger partial charge in [0.05, 0.1) is 12.1 Å². The molecule has 2 aromatic rings. The van der Waals surface area contributed by atoms with Crippen LogP contribution in [-0.4, -0.2) is 34.7 Å². The van der Waals surface area contributed by atoms with E-state index in [2.05, 4.69) is 94.4 Å². The van der Waals surface area contributed by atoms with Crippen LogP contribution in [0.25, 0.3) is 0 Å². The summed E-state index contributed by atoms with van der Waals surface area (Å²) >= 11 is 0. The third kappa shape index (κ3) is 12.9. The molecule has 2 N–H and O–H groups in total. The summed E-state index contributed by atoms with van der Waals surface area (Å²) in [4.78, 5) is 9.63. The van der Waals surface area contributed by atoms with Gasteiger partial charge in [0.1, 0.15) is 11.5 Å². The van der Waals surface area contributed by atoms with E-state index in [4.69, 9.17) is 9.98 Å². The Balaban J connectivity index is 0.000000454. The van der Waals surface area contributed by atoms with Crippen LogP contribution in [0, 0.1) is 32.1 Å². The maximum atomic E-state index is 10.8. The number of aromatic hydroxyl groups is 2. The van der Waals surface area contributed by atoms with Crippen LogP contribution < -0.4 is 0 Å². The van der Waals surface area contributed by atoms with Gasteiger partial charge < -0.3 is 17.6 Å². The molecule has 2 aliphatic carbocycles. The van der Waals surface area contributed by atoms with E-state index in [0.29, 0.717) is 41.3 Å². The summed E-state index contributed by atoms with van der Waals surface area (Å²) in [5.74, 6) is 2.70. The molecule has 0 radical (unpaired) electrons. The number of nitrogens with zero attached hydrogens (tertiary/aromatic N) is 2. The maximum absolute atomic E-state index is 10.8. The molecule has 0 aromatic heterocycles. The van der Waals surface area contributed by atoms with Crippen LogP contribution >= 0.6 is 0 Å². The van der Waals surface area contributed by atoms with Gasteiger partial charge in [0.15, 0.2) is 0 Å². The van der Waals surface area contributed by atoms with Crippen molar-refractivity contribution in [2.45, 2.75) is 157 Å². The van der Waals surface area contributed by atoms with E-state index < -0.39 is 0 Å². The summed E-state index contributed by atoms with van der Waals surface area (Å²) in [5, 5.41) is 21.3. The van der Waals surface area contributed by atoms with Crippen LogP contribution in [0.1, 0.15) is 154 Å². The monoisotopic (exact) mass is 721 g/mol. The summed E-state index contributed by atoms with van der Waals surface area (Å²) < 4.78 is 0.